The zero-order valence-electron chi connectivity index (χ0n) is 13.6. The number of fused-ring (bicyclic) bond motifs is 2. The first-order valence-corrected chi connectivity index (χ1v) is 8.40. The molecule has 4 amide bonds. The Labute approximate surface area is 144 Å². The highest BCUT2D eigenvalue weighted by atomic mass is 16.2. The summed E-state index contributed by atoms with van der Waals surface area (Å²) in [6.07, 6.45) is 8.41. The van der Waals surface area contributed by atoms with Crippen molar-refractivity contribution in [1.82, 2.24) is 10.2 Å². The Balaban J connectivity index is 1.52. The number of amides is 4. The van der Waals surface area contributed by atoms with Crippen molar-refractivity contribution in [2.75, 3.05) is 6.54 Å². The van der Waals surface area contributed by atoms with E-state index in [9.17, 15) is 19.2 Å². The molecule has 0 bridgehead atoms. The second-order valence-corrected chi connectivity index (χ2v) is 6.55. The highest BCUT2D eigenvalue weighted by Crippen LogP contribution is 2.39. The largest absolute Gasteiger partial charge is 0.325 e. The Morgan fingerprint density at radius 1 is 1.16 bits per heavy atom. The number of carbonyl (C=O) groups is 4. The molecule has 2 heterocycles. The van der Waals surface area contributed by atoms with Crippen molar-refractivity contribution >= 4 is 29.3 Å². The van der Waals surface area contributed by atoms with Gasteiger partial charge in [-0.1, -0.05) is 6.08 Å². The lowest BCUT2D eigenvalue weighted by atomic mass is 9.85. The van der Waals surface area contributed by atoms with E-state index in [1.165, 1.54) is 0 Å². The van der Waals surface area contributed by atoms with Gasteiger partial charge in [0.2, 0.25) is 11.8 Å². The van der Waals surface area contributed by atoms with Crippen LogP contribution >= 0.6 is 0 Å². The molecule has 1 unspecified atom stereocenters. The third-order valence-electron chi connectivity index (χ3n) is 4.97. The summed E-state index contributed by atoms with van der Waals surface area (Å²) in [6, 6.07) is 0. The van der Waals surface area contributed by atoms with Crippen LogP contribution in [0.2, 0.25) is 0 Å². The van der Waals surface area contributed by atoms with E-state index in [-0.39, 0.29) is 43.0 Å². The number of allylic oxidation sites excluding steroid dienone is 3. The molecule has 1 atom stereocenters. The molecule has 25 heavy (non-hydrogen) atoms. The first-order chi connectivity index (χ1) is 12.0. The minimum atomic E-state index is -0.554. The molecule has 1 fully saturated rings. The van der Waals surface area contributed by atoms with Gasteiger partial charge in [-0.25, -0.2) is 4.99 Å². The highest BCUT2D eigenvalue weighted by molar-refractivity contribution is 6.13. The van der Waals surface area contributed by atoms with Crippen LogP contribution in [0.3, 0.4) is 0 Å². The highest BCUT2D eigenvalue weighted by Gasteiger charge is 2.34. The molecule has 0 radical (unpaired) electrons. The summed E-state index contributed by atoms with van der Waals surface area (Å²) in [5, 5.41) is 2.88. The SMILES string of the molecule is O=C(CN1C(=O)CCC1=O)N=C1C=CC2C(=C1)NC(=O)C1=C2CCC1. The molecule has 0 saturated carbocycles. The fourth-order valence-electron chi connectivity index (χ4n) is 3.77. The average Bonchev–Trinajstić information content (AvgIpc) is 3.18. The zero-order chi connectivity index (χ0) is 17.6. The number of imide groups is 1. The van der Waals surface area contributed by atoms with Gasteiger partial charge in [0.15, 0.2) is 0 Å². The monoisotopic (exact) mass is 339 g/mol. The van der Waals surface area contributed by atoms with Crippen LogP contribution in [0.25, 0.3) is 0 Å². The lowest BCUT2D eigenvalue weighted by Crippen LogP contribution is -2.36. The number of hydrogen-bond donors (Lipinski definition) is 1. The Hall–Kier alpha value is -2.83. The van der Waals surface area contributed by atoms with Crippen molar-refractivity contribution in [3.63, 3.8) is 0 Å². The van der Waals surface area contributed by atoms with E-state index in [0.717, 1.165) is 41.0 Å². The number of hydrogen-bond acceptors (Lipinski definition) is 4. The second kappa shape index (κ2) is 5.91. The number of aliphatic imine (C=N–C) groups is 1. The average molecular weight is 339 g/mol. The Kier molecular flexibility index (Phi) is 3.71. The molecule has 7 nitrogen and oxygen atoms in total. The quantitative estimate of drug-likeness (QED) is 0.752. The van der Waals surface area contributed by atoms with Crippen LogP contribution in [0.15, 0.2) is 40.1 Å². The second-order valence-electron chi connectivity index (χ2n) is 6.55. The lowest BCUT2D eigenvalue weighted by molar-refractivity contribution is -0.141. The Bertz CT molecular complexity index is 815. The predicted molar refractivity (Wildman–Crippen MR) is 88.1 cm³/mol. The molecule has 1 saturated heterocycles. The van der Waals surface area contributed by atoms with E-state index in [4.69, 9.17) is 0 Å². The van der Waals surface area contributed by atoms with Gasteiger partial charge in [0.05, 0.1) is 5.71 Å². The van der Waals surface area contributed by atoms with Crippen molar-refractivity contribution in [2.24, 2.45) is 10.9 Å². The summed E-state index contributed by atoms with van der Waals surface area (Å²) in [5.74, 6) is -1.25. The van der Waals surface area contributed by atoms with Crippen molar-refractivity contribution in [2.45, 2.75) is 32.1 Å². The van der Waals surface area contributed by atoms with Gasteiger partial charge in [-0.05, 0) is 37.0 Å². The van der Waals surface area contributed by atoms with E-state index in [1.54, 1.807) is 12.2 Å². The molecule has 7 heteroatoms. The van der Waals surface area contributed by atoms with Crippen LogP contribution in [-0.2, 0) is 19.2 Å². The number of carbonyl (C=O) groups excluding carboxylic acids is 4. The summed E-state index contributed by atoms with van der Waals surface area (Å²) in [4.78, 5) is 52.3. The minimum absolute atomic E-state index is 0.0472. The summed E-state index contributed by atoms with van der Waals surface area (Å²) in [6.45, 7) is -0.330. The molecule has 128 valence electrons. The van der Waals surface area contributed by atoms with Gasteiger partial charge >= 0.3 is 0 Å². The lowest BCUT2D eigenvalue weighted by Gasteiger charge is -2.28. The van der Waals surface area contributed by atoms with Crippen molar-refractivity contribution in [1.29, 1.82) is 0 Å². The van der Waals surface area contributed by atoms with Crippen molar-refractivity contribution < 1.29 is 19.2 Å². The van der Waals surface area contributed by atoms with Gasteiger partial charge in [0.25, 0.3) is 11.8 Å². The molecule has 0 spiro atoms. The van der Waals surface area contributed by atoms with E-state index in [0.29, 0.717) is 5.71 Å². The predicted octanol–water partition coefficient (Wildman–Crippen LogP) is 0.783. The maximum absolute atomic E-state index is 12.1. The maximum Gasteiger partial charge on any atom is 0.266 e. The maximum atomic E-state index is 12.1. The number of nitrogens with zero attached hydrogens (tertiary/aromatic N) is 2. The normalized spacial score (nSPS) is 26.8. The standard InChI is InChI=1S/C18H17N3O4/c22-15(9-21-16(23)6-7-17(21)24)19-10-4-5-12-11-2-1-3-13(11)18(25)20-14(12)8-10/h4-5,8,12H,1-3,6-7,9H2,(H,20,25). The van der Waals surface area contributed by atoms with Crippen LogP contribution in [-0.4, -0.2) is 40.8 Å². The van der Waals surface area contributed by atoms with Crippen LogP contribution < -0.4 is 5.32 Å². The number of rotatable bonds is 2. The first kappa shape index (κ1) is 15.7. The topological polar surface area (TPSA) is 95.9 Å². The molecule has 0 aromatic carbocycles. The molecule has 1 N–H and O–H groups in total. The summed E-state index contributed by atoms with van der Waals surface area (Å²) >= 11 is 0. The number of nitrogens with one attached hydrogen (secondary N) is 1. The van der Waals surface area contributed by atoms with Gasteiger partial charge in [0, 0.05) is 30.0 Å². The molecule has 0 aromatic heterocycles. The minimum Gasteiger partial charge on any atom is -0.325 e. The molecule has 4 rings (SSSR count). The summed E-state index contributed by atoms with van der Waals surface area (Å²) in [7, 11) is 0. The van der Waals surface area contributed by atoms with Gasteiger partial charge in [-0.2, -0.15) is 0 Å². The third-order valence-corrected chi connectivity index (χ3v) is 4.97. The molecule has 0 aromatic rings. The van der Waals surface area contributed by atoms with Crippen LogP contribution in [0.4, 0.5) is 0 Å². The number of likely N-dealkylation sites (tertiary alicyclic amines) is 1. The van der Waals surface area contributed by atoms with E-state index < -0.39 is 5.91 Å². The summed E-state index contributed by atoms with van der Waals surface area (Å²) < 4.78 is 0. The van der Waals surface area contributed by atoms with Crippen molar-refractivity contribution in [3.8, 4) is 0 Å². The first-order valence-electron chi connectivity index (χ1n) is 8.40. The van der Waals surface area contributed by atoms with Crippen LogP contribution in [0.1, 0.15) is 32.1 Å². The van der Waals surface area contributed by atoms with Crippen molar-refractivity contribution in [3.05, 3.63) is 35.1 Å². The molecular weight excluding hydrogens is 322 g/mol. The smallest absolute Gasteiger partial charge is 0.266 e. The zero-order valence-corrected chi connectivity index (χ0v) is 13.6. The molecule has 2 aliphatic carbocycles. The Morgan fingerprint density at radius 2 is 1.92 bits per heavy atom. The summed E-state index contributed by atoms with van der Waals surface area (Å²) in [5.41, 5.74) is 3.19. The van der Waals surface area contributed by atoms with E-state index >= 15 is 0 Å². The molecule has 4 aliphatic rings. The molecule has 2 aliphatic heterocycles. The third kappa shape index (κ3) is 2.75. The van der Waals surface area contributed by atoms with E-state index in [1.807, 2.05) is 6.08 Å². The van der Waals surface area contributed by atoms with Crippen LogP contribution in [0, 0.1) is 5.92 Å². The van der Waals surface area contributed by atoms with Crippen LogP contribution in [0.5, 0.6) is 0 Å². The van der Waals surface area contributed by atoms with Gasteiger partial charge in [-0.3, -0.25) is 24.1 Å². The fourth-order valence-corrected chi connectivity index (χ4v) is 3.77. The molecular formula is C18H17N3O4. The Morgan fingerprint density at radius 3 is 2.68 bits per heavy atom. The van der Waals surface area contributed by atoms with Gasteiger partial charge in [0.1, 0.15) is 6.54 Å². The van der Waals surface area contributed by atoms with E-state index in [2.05, 4.69) is 10.3 Å². The fraction of sp³-hybridized carbons (Fsp3) is 0.389. The van der Waals surface area contributed by atoms with Gasteiger partial charge < -0.3 is 5.32 Å². The van der Waals surface area contributed by atoms with Gasteiger partial charge in [-0.15, -0.1) is 0 Å².